The normalized spacial score (nSPS) is 14.4. The SMILES string of the molecule is CCC(N)C(CC(=O)O)c1cc(Cl)ccc1Cl. The largest absolute Gasteiger partial charge is 0.481 e. The molecule has 3 nitrogen and oxygen atoms in total. The molecule has 0 spiro atoms. The highest BCUT2D eigenvalue weighted by Crippen LogP contribution is 2.32. The van der Waals surface area contributed by atoms with Crippen molar-refractivity contribution in [2.24, 2.45) is 5.73 Å². The van der Waals surface area contributed by atoms with Gasteiger partial charge in [0, 0.05) is 22.0 Å². The highest BCUT2D eigenvalue weighted by Gasteiger charge is 2.23. The van der Waals surface area contributed by atoms with E-state index in [1.807, 2.05) is 6.92 Å². The van der Waals surface area contributed by atoms with Gasteiger partial charge < -0.3 is 10.8 Å². The van der Waals surface area contributed by atoms with Crippen LogP contribution in [0.4, 0.5) is 0 Å². The molecule has 1 aromatic carbocycles. The summed E-state index contributed by atoms with van der Waals surface area (Å²) in [5.74, 6) is -1.21. The second-order valence-electron chi connectivity index (χ2n) is 3.94. The van der Waals surface area contributed by atoms with Crippen LogP contribution in [-0.2, 0) is 4.79 Å². The van der Waals surface area contributed by atoms with Gasteiger partial charge >= 0.3 is 5.97 Å². The Kier molecular flexibility index (Phi) is 5.25. The Morgan fingerprint density at radius 2 is 2.12 bits per heavy atom. The molecule has 1 rings (SSSR count). The predicted molar refractivity (Wildman–Crippen MR) is 69.7 cm³/mol. The first kappa shape index (κ1) is 14.3. The molecule has 3 N–H and O–H groups in total. The number of aliphatic carboxylic acids is 1. The van der Waals surface area contributed by atoms with E-state index < -0.39 is 5.97 Å². The molecule has 0 aliphatic carbocycles. The Morgan fingerprint density at radius 3 is 2.65 bits per heavy atom. The van der Waals surface area contributed by atoms with Gasteiger partial charge in [-0.25, -0.2) is 0 Å². The number of hydrogen-bond donors (Lipinski definition) is 2. The van der Waals surface area contributed by atoms with Gasteiger partial charge in [-0.05, 0) is 30.2 Å². The molecule has 0 aliphatic rings. The fourth-order valence-corrected chi connectivity index (χ4v) is 2.20. The van der Waals surface area contributed by atoms with Crippen LogP contribution in [0.2, 0.25) is 10.0 Å². The van der Waals surface area contributed by atoms with E-state index in [4.69, 9.17) is 34.0 Å². The average Bonchev–Trinajstić information content (AvgIpc) is 2.28. The van der Waals surface area contributed by atoms with Crippen LogP contribution in [0.1, 0.15) is 31.2 Å². The quantitative estimate of drug-likeness (QED) is 0.867. The second kappa shape index (κ2) is 6.24. The molecule has 5 heteroatoms. The van der Waals surface area contributed by atoms with E-state index in [2.05, 4.69) is 0 Å². The minimum atomic E-state index is -0.894. The minimum absolute atomic E-state index is 0.0466. The summed E-state index contributed by atoms with van der Waals surface area (Å²) in [4.78, 5) is 10.9. The molecule has 94 valence electrons. The smallest absolute Gasteiger partial charge is 0.304 e. The molecule has 0 saturated heterocycles. The summed E-state index contributed by atoms with van der Waals surface area (Å²) in [6.45, 7) is 1.91. The van der Waals surface area contributed by atoms with Gasteiger partial charge in [0.2, 0.25) is 0 Å². The standard InChI is InChI=1S/C12H15Cl2NO2/c1-2-11(15)9(6-12(16)17)8-5-7(13)3-4-10(8)14/h3-5,9,11H,2,6,15H2,1H3,(H,16,17). The molecule has 0 aliphatic heterocycles. The van der Waals surface area contributed by atoms with Crippen molar-refractivity contribution in [2.45, 2.75) is 31.7 Å². The Morgan fingerprint density at radius 1 is 1.47 bits per heavy atom. The first-order valence-corrected chi connectivity index (χ1v) is 6.13. The molecule has 17 heavy (non-hydrogen) atoms. The maximum Gasteiger partial charge on any atom is 0.304 e. The predicted octanol–water partition coefficient (Wildman–Crippen LogP) is 3.29. The van der Waals surface area contributed by atoms with Crippen LogP contribution in [-0.4, -0.2) is 17.1 Å². The molecule has 0 aromatic heterocycles. The summed E-state index contributed by atoms with van der Waals surface area (Å²) < 4.78 is 0. The number of benzene rings is 1. The van der Waals surface area contributed by atoms with Gasteiger partial charge in [0.15, 0.2) is 0 Å². The van der Waals surface area contributed by atoms with Gasteiger partial charge in [-0.2, -0.15) is 0 Å². The van der Waals surface area contributed by atoms with Gasteiger partial charge in [0.25, 0.3) is 0 Å². The van der Waals surface area contributed by atoms with Crippen LogP contribution in [0, 0.1) is 0 Å². The summed E-state index contributed by atoms with van der Waals surface area (Å²) in [6.07, 6.45) is 0.635. The summed E-state index contributed by atoms with van der Waals surface area (Å²) in [5.41, 5.74) is 6.66. The van der Waals surface area contributed by atoms with E-state index in [-0.39, 0.29) is 18.4 Å². The van der Waals surface area contributed by atoms with Crippen molar-refractivity contribution >= 4 is 29.2 Å². The molecule has 0 fully saturated rings. The first-order valence-electron chi connectivity index (χ1n) is 5.38. The van der Waals surface area contributed by atoms with Crippen molar-refractivity contribution in [3.63, 3.8) is 0 Å². The fraction of sp³-hybridized carbons (Fsp3) is 0.417. The van der Waals surface area contributed by atoms with Crippen molar-refractivity contribution < 1.29 is 9.90 Å². The van der Waals surface area contributed by atoms with Crippen molar-refractivity contribution in [3.8, 4) is 0 Å². The zero-order valence-electron chi connectivity index (χ0n) is 9.49. The van der Waals surface area contributed by atoms with Gasteiger partial charge in [-0.3, -0.25) is 4.79 Å². The van der Waals surface area contributed by atoms with Crippen molar-refractivity contribution in [2.75, 3.05) is 0 Å². The summed E-state index contributed by atoms with van der Waals surface area (Å²) >= 11 is 12.0. The Bertz CT molecular complexity index is 409. The third kappa shape index (κ3) is 3.87. The average molecular weight is 276 g/mol. The van der Waals surface area contributed by atoms with Gasteiger partial charge in [0.05, 0.1) is 6.42 Å². The van der Waals surface area contributed by atoms with Crippen LogP contribution in [0.25, 0.3) is 0 Å². The highest BCUT2D eigenvalue weighted by molar-refractivity contribution is 6.33. The number of carbonyl (C=O) groups is 1. The van der Waals surface area contributed by atoms with Crippen LogP contribution < -0.4 is 5.73 Å². The van der Waals surface area contributed by atoms with E-state index in [0.717, 1.165) is 0 Å². The van der Waals surface area contributed by atoms with Gasteiger partial charge in [-0.15, -0.1) is 0 Å². The van der Waals surface area contributed by atoms with E-state index in [1.54, 1.807) is 18.2 Å². The molecular weight excluding hydrogens is 261 g/mol. The Labute approximate surface area is 111 Å². The Hall–Kier alpha value is -0.770. The molecule has 0 radical (unpaired) electrons. The molecule has 2 atom stereocenters. The number of halogens is 2. The summed E-state index contributed by atoms with van der Waals surface area (Å²) in [7, 11) is 0. The third-order valence-electron chi connectivity index (χ3n) is 2.74. The molecule has 0 amide bonds. The molecule has 2 unspecified atom stereocenters. The van der Waals surface area contributed by atoms with Crippen LogP contribution in [0.3, 0.4) is 0 Å². The van der Waals surface area contributed by atoms with Crippen molar-refractivity contribution in [1.29, 1.82) is 0 Å². The molecule has 0 saturated carbocycles. The lowest BCUT2D eigenvalue weighted by Crippen LogP contribution is -2.29. The lowest BCUT2D eigenvalue weighted by Gasteiger charge is -2.23. The van der Waals surface area contributed by atoms with E-state index in [1.165, 1.54) is 0 Å². The van der Waals surface area contributed by atoms with E-state index >= 15 is 0 Å². The topological polar surface area (TPSA) is 63.3 Å². The van der Waals surface area contributed by atoms with Crippen LogP contribution in [0.15, 0.2) is 18.2 Å². The van der Waals surface area contributed by atoms with E-state index in [9.17, 15) is 4.79 Å². The second-order valence-corrected chi connectivity index (χ2v) is 4.79. The third-order valence-corrected chi connectivity index (χ3v) is 3.32. The number of carboxylic acids is 1. The highest BCUT2D eigenvalue weighted by atomic mass is 35.5. The van der Waals surface area contributed by atoms with Crippen molar-refractivity contribution in [1.82, 2.24) is 0 Å². The number of rotatable bonds is 5. The van der Waals surface area contributed by atoms with Gasteiger partial charge in [0.1, 0.15) is 0 Å². The lowest BCUT2D eigenvalue weighted by molar-refractivity contribution is -0.137. The summed E-state index contributed by atoms with van der Waals surface area (Å²) in [5, 5.41) is 9.95. The molecular formula is C12H15Cl2NO2. The van der Waals surface area contributed by atoms with Crippen LogP contribution >= 0.6 is 23.2 Å². The summed E-state index contributed by atoms with van der Waals surface area (Å²) in [6, 6.07) is 4.77. The van der Waals surface area contributed by atoms with E-state index in [0.29, 0.717) is 22.0 Å². The van der Waals surface area contributed by atoms with Crippen molar-refractivity contribution in [3.05, 3.63) is 33.8 Å². The molecule has 0 bridgehead atoms. The maximum atomic E-state index is 10.9. The molecule has 1 aromatic rings. The van der Waals surface area contributed by atoms with Gasteiger partial charge in [-0.1, -0.05) is 30.1 Å². The zero-order valence-corrected chi connectivity index (χ0v) is 11.0. The fourth-order valence-electron chi connectivity index (χ4n) is 1.76. The number of carboxylic acid groups (broad SMARTS) is 1. The lowest BCUT2D eigenvalue weighted by atomic mass is 9.87. The molecule has 0 heterocycles. The minimum Gasteiger partial charge on any atom is -0.481 e. The number of hydrogen-bond acceptors (Lipinski definition) is 2. The Balaban J connectivity index is 3.11. The monoisotopic (exact) mass is 275 g/mol. The maximum absolute atomic E-state index is 10.9. The number of nitrogens with two attached hydrogens (primary N) is 1. The zero-order chi connectivity index (χ0) is 13.0. The first-order chi connectivity index (χ1) is 7.95. The van der Waals surface area contributed by atoms with Crippen LogP contribution in [0.5, 0.6) is 0 Å².